The Morgan fingerprint density at radius 3 is 1.60 bits per heavy atom. The Balaban J connectivity index is 0.0000001000. The third kappa shape index (κ3) is 2.41. The monoisotopic (exact) mass is 156 g/mol. The minimum absolute atomic E-state index is 0.718. The van der Waals surface area contributed by atoms with E-state index in [-0.39, 0.29) is 0 Å². The lowest BCUT2D eigenvalue weighted by atomic mass is 10.7. The summed E-state index contributed by atoms with van der Waals surface area (Å²) >= 11 is 1.71. The van der Waals surface area contributed by atoms with Crippen LogP contribution in [0.2, 0.25) is 0 Å². The Hall–Kier alpha value is -1.16. The molecule has 0 fully saturated rings. The second-order valence-electron chi connectivity index (χ2n) is 1.47. The zero-order valence-electron chi connectivity index (χ0n) is 4.94. The maximum atomic E-state index is 9.31. The van der Waals surface area contributed by atoms with Gasteiger partial charge in [0.05, 0.1) is 0 Å². The molecule has 0 N–H and O–H groups in total. The highest BCUT2D eigenvalue weighted by molar-refractivity contribution is 7.07. The van der Waals surface area contributed by atoms with E-state index in [1.807, 2.05) is 22.9 Å². The van der Waals surface area contributed by atoms with E-state index in [9.17, 15) is 9.59 Å². The van der Waals surface area contributed by atoms with E-state index < -0.39 is 11.3 Å². The van der Waals surface area contributed by atoms with Gasteiger partial charge in [0.25, 0.3) is 0 Å². The van der Waals surface area contributed by atoms with Gasteiger partial charge in [0.15, 0.2) is 0 Å². The smallest absolute Gasteiger partial charge is 0.376 e. The fourth-order valence-corrected chi connectivity index (χ4v) is 0.739. The highest BCUT2D eigenvalue weighted by Crippen LogP contribution is 1.91. The van der Waals surface area contributed by atoms with Crippen LogP contribution in [0.15, 0.2) is 36.9 Å². The summed E-state index contributed by atoms with van der Waals surface area (Å²) in [6.07, 6.45) is 0. The van der Waals surface area contributed by atoms with E-state index in [0.717, 1.165) is 0 Å². The molecule has 4 heteroatoms. The zero-order valence-corrected chi connectivity index (χ0v) is 5.76. The average molecular weight is 156 g/mol. The number of rotatable bonds is 0. The van der Waals surface area contributed by atoms with Crippen LogP contribution in [-0.4, -0.2) is 0 Å². The summed E-state index contributed by atoms with van der Waals surface area (Å²) in [4.78, 5) is 18.6. The standard InChI is InChI=1S/C4H4S.C2O3/c1-2-4-5-3-1;3-1-2(4)5-1/h1-4H;. The Morgan fingerprint density at radius 1 is 1.10 bits per heavy atom. The summed E-state index contributed by atoms with van der Waals surface area (Å²) in [6.45, 7) is 0. The molecule has 3 nitrogen and oxygen atoms in total. The van der Waals surface area contributed by atoms with E-state index in [4.69, 9.17) is 0 Å². The van der Waals surface area contributed by atoms with Crippen molar-refractivity contribution in [1.82, 2.24) is 0 Å². The van der Waals surface area contributed by atoms with Gasteiger partial charge in [-0.05, 0) is 10.8 Å². The molecule has 2 aromatic heterocycles. The lowest BCUT2D eigenvalue weighted by molar-refractivity contribution is 0.650. The number of hydrogen-bond acceptors (Lipinski definition) is 4. The third-order valence-electron chi connectivity index (χ3n) is 0.736. The largest absolute Gasteiger partial charge is 0.426 e. The summed E-state index contributed by atoms with van der Waals surface area (Å²) in [6, 6.07) is 4.04. The van der Waals surface area contributed by atoms with Gasteiger partial charge in [-0.15, -0.1) is 0 Å². The van der Waals surface area contributed by atoms with Crippen molar-refractivity contribution in [2.24, 2.45) is 0 Å². The Bertz CT molecular complexity index is 286. The predicted octanol–water partition coefficient (Wildman–Crippen LogP) is 0.624. The molecule has 0 bridgehead atoms. The van der Waals surface area contributed by atoms with E-state index in [0.29, 0.717) is 0 Å². The topological polar surface area (TPSA) is 47.3 Å². The Kier molecular flexibility index (Phi) is 2.17. The number of thiophene rings is 1. The second kappa shape index (κ2) is 3.12. The van der Waals surface area contributed by atoms with Crippen molar-refractivity contribution >= 4 is 11.3 Å². The maximum absolute atomic E-state index is 9.31. The van der Waals surface area contributed by atoms with Crippen molar-refractivity contribution in [3.8, 4) is 0 Å². The predicted molar refractivity (Wildman–Crippen MR) is 37.9 cm³/mol. The molecule has 0 spiro atoms. The normalized spacial score (nSPS) is 8.80. The summed E-state index contributed by atoms with van der Waals surface area (Å²) < 4.78 is 3.64. The first-order valence-electron chi connectivity index (χ1n) is 2.54. The second-order valence-corrected chi connectivity index (χ2v) is 2.29. The highest BCUT2D eigenvalue weighted by atomic mass is 32.1. The van der Waals surface area contributed by atoms with Crippen LogP contribution in [-0.2, 0) is 0 Å². The van der Waals surface area contributed by atoms with Crippen molar-refractivity contribution in [1.29, 1.82) is 0 Å². The summed E-state index contributed by atoms with van der Waals surface area (Å²) in [5.74, 6) is 0. The zero-order chi connectivity index (χ0) is 7.40. The quantitative estimate of drug-likeness (QED) is 0.525. The first kappa shape index (κ1) is 6.95. The molecule has 0 amide bonds. The van der Waals surface area contributed by atoms with Crippen molar-refractivity contribution in [3.05, 3.63) is 43.7 Å². The van der Waals surface area contributed by atoms with Gasteiger partial charge in [-0.3, -0.25) is 0 Å². The molecule has 52 valence electrons. The molecule has 0 atom stereocenters. The molecule has 0 aliphatic rings. The lowest BCUT2D eigenvalue weighted by Crippen LogP contribution is -1.88. The first-order chi connectivity index (χ1) is 4.80. The molecule has 0 unspecified atom stereocenters. The molecule has 0 aliphatic carbocycles. The van der Waals surface area contributed by atoms with Crippen molar-refractivity contribution in [2.45, 2.75) is 0 Å². The fraction of sp³-hybridized carbons (Fsp3) is 0. The third-order valence-corrected chi connectivity index (χ3v) is 1.36. The van der Waals surface area contributed by atoms with Crippen LogP contribution in [0.1, 0.15) is 0 Å². The van der Waals surface area contributed by atoms with Gasteiger partial charge in [-0.1, -0.05) is 12.1 Å². The van der Waals surface area contributed by atoms with Gasteiger partial charge in [-0.25, -0.2) is 9.59 Å². The van der Waals surface area contributed by atoms with Gasteiger partial charge in [0, 0.05) is 0 Å². The maximum Gasteiger partial charge on any atom is 0.426 e. The Morgan fingerprint density at radius 2 is 1.50 bits per heavy atom. The molecule has 0 aromatic carbocycles. The first-order valence-corrected chi connectivity index (χ1v) is 3.48. The SMILES string of the molecule is O=c1oc1=O.c1ccsc1. The van der Waals surface area contributed by atoms with Gasteiger partial charge < -0.3 is 4.42 Å². The minimum Gasteiger partial charge on any atom is -0.376 e. The molecule has 2 rings (SSSR count). The summed E-state index contributed by atoms with van der Waals surface area (Å²) in [5, 5.41) is 4.08. The van der Waals surface area contributed by atoms with Gasteiger partial charge in [0.2, 0.25) is 0 Å². The van der Waals surface area contributed by atoms with Crippen LogP contribution >= 0.6 is 11.3 Å². The number of hydrogen-bond donors (Lipinski definition) is 0. The van der Waals surface area contributed by atoms with E-state index in [1.165, 1.54) is 0 Å². The van der Waals surface area contributed by atoms with Crippen LogP contribution in [0.3, 0.4) is 0 Å². The Labute approximate surface area is 60.2 Å². The van der Waals surface area contributed by atoms with Crippen LogP contribution in [0.5, 0.6) is 0 Å². The van der Waals surface area contributed by atoms with Crippen molar-refractivity contribution in [2.75, 3.05) is 0 Å². The summed E-state index contributed by atoms with van der Waals surface area (Å²) in [7, 11) is 0. The van der Waals surface area contributed by atoms with Crippen molar-refractivity contribution in [3.63, 3.8) is 0 Å². The van der Waals surface area contributed by atoms with Crippen LogP contribution in [0.4, 0.5) is 0 Å². The van der Waals surface area contributed by atoms with Gasteiger partial charge in [0.1, 0.15) is 0 Å². The van der Waals surface area contributed by atoms with Crippen LogP contribution in [0, 0.1) is 0 Å². The molecular formula is C6H4O3S. The molecule has 0 saturated carbocycles. The molecule has 10 heavy (non-hydrogen) atoms. The molecule has 2 aromatic rings. The van der Waals surface area contributed by atoms with Crippen LogP contribution in [0.25, 0.3) is 0 Å². The fourth-order valence-electron chi connectivity index (χ4n) is 0.285. The molecule has 0 radical (unpaired) electrons. The molecule has 0 aliphatic heterocycles. The lowest BCUT2D eigenvalue weighted by Gasteiger charge is -1.39. The molecule has 0 saturated heterocycles. The molecular weight excluding hydrogens is 152 g/mol. The van der Waals surface area contributed by atoms with Crippen LogP contribution < -0.4 is 11.3 Å². The molecule has 2 heterocycles. The van der Waals surface area contributed by atoms with Gasteiger partial charge >= 0.3 is 11.3 Å². The van der Waals surface area contributed by atoms with E-state index in [1.54, 1.807) is 11.3 Å². The highest BCUT2D eigenvalue weighted by Gasteiger charge is 2.02. The van der Waals surface area contributed by atoms with Crippen molar-refractivity contribution < 1.29 is 4.42 Å². The van der Waals surface area contributed by atoms with E-state index in [2.05, 4.69) is 4.42 Å². The summed E-state index contributed by atoms with van der Waals surface area (Å²) in [5.41, 5.74) is -1.44. The van der Waals surface area contributed by atoms with Gasteiger partial charge in [-0.2, -0.15) is 11.3 Å². The van der Waals surface area contributed by atoms with E-state index >= 15 is 0 Å². The average Bonchev–Trinajstić information content (AvgIpc) is 2.40. The minimum atomic E-state index is -0.718.